The minimum absolute atomic E-state index is 0.156. The molecule has 1 atom stereocenters. The van der Waals surface area contributed by atoms with Gasteiger partial charge in [0.05, 0.1) is 7.11 Å². The summed E-state index contributed by atoms with van der Waals surface area (Å²) in [4.78, 5) is 25.1. The van der Waals surface area contributed by atoms with E-state index in [1.54, 1.807) is 26.8 Å². The maximum absolute atomic E-state index is 12.7. The first kappa shape index (κ1) is 18.0. The summed E-state index contributed by atoms with van der Waals surface area (Å²) in [7, 11) is 1.27. The summed E-state index contributed by atoms with van der Waals surface area (Å²) in [6.45, 7) is 8.97. The average molecular weight is 304 g/mol. The van der Waals surface area contributed by atoms with E-state index in [-0.39, 0.29) is 12.8 Å². The monoisotopic (exact) mass is 304 g/mol. The summed E-state index contributed by atoms with van der Waals surface area (Å²) in [6, 6.07) is 9.33. The van der Waals surface area contributed by atoms with Crippen LogP contribution in [0.2, 0.25) is 0 Å². The van der Waals surface area contributed by atoms with Crippen molar-refractivity contribution in [3.63, 3.8) is 0 Å². The Morgan fingerprint density at radius 3 is 2.18 bits per heavy atom. The highest BCUT2D eigenvalue weighted by Crippen LogP contribution is 2.33. The highest BCUT2D eigenvalue weighted by Gasteiger charge is 2.48. The van der Waals surface area contributed by atoms with Crippen molar-refractivity contribution in [3.8, 4) is 0 Å². The second kappa shape index (κ2) is 7.25. The Morgan fingerprint density at radius 2 is 1.73 bits per heavy atom. The number of benzene rings is 1. The maximum Gasteiger partial charge on any atom is 0.324 e. The first-order valence-electron chi connectivity index (χ1n) is 7.22. The molecule has 1 aromatic rings. The molecule has 1 aromatic carbocycles. The average Bonchev–Trinajstić information content (AvgIpc) is 2.45. The topological polar surface area (TPSA) is 52.6 Å². The minimum atomic E-state index is -1.41. The molecule has 1 rings (SSSR count). The Balaban J connectivity index is 3.24. The van der Waals surface area contributed by atoms with E-state index < -0.39 is 23.0 Å². The van der Waals surface area contributed by atoms with Gasteiger partial charge in [-0.2, -0.15) is 0 Å². The molecule has 1 unspecified atom stereocenters. The van der Waals surface area contributed by atoms with Crippen molar-refractivity contribution in [3.05, 3.63) is 48.6 Å². The number of rotatable bonds is 6. The van der Waals surface area contributed by atoms with Crippen molar-refractivity contribution in [2.24, 2.45) is 5.41 Å². The van der Waals surface area contributed by atoms with Crippen molar-refractivity contribution in [1.82, 2.24) is 0 Å². The van der Waals surface area contributed by atoms with Crippen LogP contribution in [0.4, 0.5) is 0 Å². The number of hydrogen-bond acceptors (Lipinski definition) is 4. The molecule has 0 saturated carbocycles. The molecule has 0 aliphatic heterocycles. The normalized spacial score (nSPS) is 13.8. The van der Waals surface area contributed by atoms with Gasteiger partial charge in [-0.1, -0.05) is 36.4 Å². The summed E-state index contributed by atoms with van der Waals surface area (Å²) in [6.07, 6.45) is 1.91. The molecule has 0 aliphatic carbocycles. The Labute approximate surface area is 132 Å². The number of carbonyl (C=O) groups excluding carboxylic acids is 2. The summed E-state index contributed by atoms with van der Waals surface area (Å²) in [5.41, 5.74) is -1.24. The van der Waals surface area contributed by atoms with Crippen LogP contribution in [0.15, 0.2) is 43.0 Å². The van der Waals surface area contributed by atoms with E-state index in [2.05, 4.69) is 6.58 Å². The van der Waals surface area contributed by atoms with E-state index in [0.717, 1.165) is 5.56 Å². The molecule has 0 radical (unpaired) electrons. The van der Waals surface area contributed by atoms with Gasteiger partial charge in [-0.15, -0.1) is 6.58 Å². The highest BCUT2D eigenvalue weighted by atomic mass is 16.6. The van der Waals surface area contributed by atoms with Gasteiger partial charge >= 0.3 is 11.9 Å². The second-order valence-corrected chi connectivity index (χ2v) is 6.23. The van der Waals surface area contributed by atoms with Crippen molar-refractivity contribution >= 4 is 11.9 Å². The van der Waals surface area contributed by atoms with Crippen molar-refractivity contribution in [2.45, 2.75) is 39.2 Å². The van der Waals surface area contributed by atoms with Gasteiger partial charge in [0.1, 0.15) is 5.60 Å². The predicted molar refractivity (Wildman–Crippen MR) is 85.3 cm³/mol. The van der Waals surface area contributed by atoms with Crippen LogP contribution in [0, 0.1) is 5.41 Å². The molecule has 0 aromatic heterocycles. The number of esters is 2. The first-order valence-corrected chi connectivity index (χ1v) is 7.22. The molecule has 0 spiro atoms. The fourth-order valence-electron chi connectivity index (χ4n) is 2.23. The quantitative estimate of drug-likeness (QED) is 0.460. The zero-order chi connectivity index (χ0) is 16.8. The number of carbonyl (C=O) groups is 2. The van der Waals surface area contributed by atoms with E-state index in [1.807, 2.05) is 30.3 Å². The van der Waals surface area contributed by atoms with Crippen LogP contribution in [-0.2, 0) is 25.5 Å². The van der Waals surface area contributed by atoms with E-state index >= 15 is 0 Å². The Bertz CT molecular complexity index is 528. The lowest BCUT2D eigenvalue weighted by Gasteiger charge is -2.31. The summed E-state index contributed by atoms with van der Waals surface area (Å²) < 4.78 is 10.4. The van der Waals surface area contributed by atoms with Crippen molar-refractivity contribution in [1.29, 1.82) is 0 Å². The number of hydrogen-bond donors (Lipinski definition) is 0. The fourth-order valence-corrected chi connectivity index (χ4v) is 2.23. The fraction of sp³-hybridized carbons (Fsp3) is 0.444. The molecule has 0 N–H and O–H groups in total. The third-order valence-electron chi connectivity index (χ3n) is 3.21. The van der Waals surface area contributed by atoms with Crippen LogP contribution in [-0.4, -0.2) is 24.6 Å². The summed E-state index contributed by atoms with van der Waals surface area (Å²) in [5.74, 6) is -1.19. The zero-order valence-corrected chi connectivity index (χ0v) is 13.7. The summed E-state index contributed by atoms with van der Waals surface area (Å²) in [5, 5.41) is 0. The van der Waals surface area contributed by atoms with Crippen LogP contribution in [0.5, 0.6) is 0 Å². The molecule has 0 aliphatic rings. The largest absolute Gasteiger partial charge is 0.468 e. The number of allylic oxidation sites excluding steroid dienone is 1. The SMILES string of the molecule is C=CCC(Cc1ccccc1)(C(=O)OC)C(=O)OC(C)(C)C. The molecule has 120 valence electrons. The van der Waals surface area contributed by atoms with E-state index in [4.69, 9.17) is 9.47 Å². The number of ether oxygens (including phenoxy) is 2. The van der Waals surface area contributed by atoms with E-state index in [9.17, 15) is 9.59 Å². The van der Waals surface area contributed by atoms with Gasteiger partial charge in [0.2, 0.25) is 0 Å². The van der Waals surface area contributed by atoms with Gasteiger partial charge < -0.3 is 9.47 Å². The maximum atomic E-state index is 12.7. The molecule has 0 heterocycles. The first-order chi connectivity index (χ1) is 10.2. The molecule has 22 heavy (non-hydrogen) atoms. The van der Waals surface area contributed by atoms with Crippen LogP contribution in [0.25, 0.3) is 0 Å². The molecule has 0 bridgehead atoms. The molecular formula is C18H24O4. The molecule has 0 amide bonds. The van der Waals surface area contributed by atoms with Gasteiger partial charge in [0, 0.05) is 0 Å². The number of methoxy groups -OCH3 is 1. The third-order valence-corrected chi connectivity index (χ3v) is 3.21. The van der Waals surface area contributed by atoms with Crippen LogP contribution < -0.4 is 0 Å². The second-order valence-electron chi connectivity index (χ2n) is 6.23. The Hall–Kier alpha value is -2.10. The van der Waals surface area contributed by atoms with Crippen LogP contribution in [0.3, 0.4) is 0 Å². The Kier molecular flexibility index (Phi) is 5.92. The zero-order valence-electron chi connectivity index (χ0n) is 13.7. The van der Waals surface area contributed by atoms with E-state index in [0.29, 0.717) is 0 Å². The molecule has 4 nitrogen and oxygen atoms in total. The molecule has 0 fully saturated rings. The summed E-state index contributed by atoms with van der Waals surface area (Å²) >= 11 is 0. The van der Waals surface area contributed by atoms with Gasteiger partial charge in [0.15, 0.2) is 5.41 Å². The molecular weight excluding hydrogens is 280 g/mol. The van der Waals surface area contributed by atoms with Gasteiger partial charge in [-0.05, 0) is 39.2 Å². The van der Waals surface area contributed by atoms with Crippen molar-refractivity contribution in [2.75, 3.05) is 7.11 Å². The van der Waals surface area contributed by atoms with Crippen molar-refractivity contribution < 1.29 is 19.1 Å². The third kappa shape index (κ3) is 4.45. The molecule has 4 heteroatoms. The van der Waals surface area contributed by atoms with Crippen LogP contribution >= 0.6 is 0 Å². The highest BCUT2D eigenvalue weighted by molar-refractivity contribution is 6.00. The standard InChI is InChI=1S/C18H24O4/c1-6-12-18(15(19)21-5,16(20)22-17(2,3)4)13-14-10-8-7-9-11-14/h6-11H,1,12-13H2,2-5H3. The van der Waals surface area contributed by atoms with E-state index in [1.165, 1.54) is 7.11 Å². The molecule has 0 saturated heterocycles. The lowest BCUT2D eigenvalue weighted by molar-refractivity contribution is -0.178. The van der Waals surface area contributed by atoms with Crippen LogP contribution in [0.1, 0.15) is 32.8 Å². The lowest BCUT2D eigenvalue weighted by Crippen LogP contribution is -2.45. The van der Waals surface area contributed by atoms with Gasteiger partial charge in [-0.25, -0.2) is 0 Å². The predicted octanol–water partition coefficient (Wildman–Crippen LogP) is 3.31. The smallest absolute Gasteiger partial charge is 0.324 e. The lowest BCUT2D eigenvalue weighted by atomic mass is 9.78. The van der Waals surface area contributed by atoms with Gasteiger partial charge in [-0.3, -0.25) is 9.59 Å². The Morgan fingerprint density at radius 1 is 1.14 bits per heavy atom. The van der Waals surface area contributed by atoms with Gasteiger partial charge in [0.25, 0.3) is 0 Å². The minimum Gasteiger partial charge on any atom is -0.468 e.